The normalized spacial score (nSPS) is 12.7. The Morgan fingerprint density at radius 1 is 1.00 bits per heavy atom. The molecule has 24 heavy (non-hydrogen) atoms. The maximum atomic E-state index is 4.97. The fourth-order valence-corrected chi connectivity index (χ4v) is 4.19. The van der Waals surface area contributed by atoms with Crippen LogP contribution < -0.4 is 0 Å². The molecule has 116 valence electrons. The minimum absolute atomic E-state index is 0.961. The van der Waals surface area contributed by atoms with Crippen molar-refractivity contribution in [2.24, 2.45) is 0 Å². The summed E-state index contributed by atoms with van der Waals surface area (Å²) in [5, 5.41) is 4.97. The van der Waals surface area contributed by atoms with Gasteiger partial charge in [-0.2, -0.15) is 5.10 Å². The highest BCUT2D eigenvalue weighted by atomic mass is 32.1. The number of nitrogens with zero attached hydrogens (tertiary/aromatic N) is 4. The van der Waals surface area contributed by atoms with E-state index < -0.39 is 0 Å². The Kier molecular flexibility index (Phi) is 3.06. The second-order valence-electron chi connectivity index (χ2n) is 5.79. The summed E-state index contributed by atoms with van der Waals surface area (Å²) < 4.78 is 2.06. The Morgan fingerprint density at radius 2 is 1.92 bits per heavy atom. The Bertz CT molecular complexity index is 1000. The van der Waals surface area contributed by atoms with Crippen LogP contribution in [0, 0.1) is 0 Å². The van der Waals surface area contributed by atoms with Crippen molar-refractivity contribution >= 4 is 11.3 Å². The van der Waals surface area contributed by atoms with Crippen LogP contribution in [0.1, 0.15) is 11.3 Å². The van der Waals surface area contributed by atoms with E-state index in [1.54, 1.807) is 17.5 Å². The molecule has 3 heterocycles. The molecule has 4 aromatic rings. The second-order valence-corrected chi connectivity index (χ2v) is 6.65. The predicted molar refractivity (Wildman–Crippen MR) is 95.3 cm³/mol. The number of fused-ring (bicyclic) bond motifs is 3. The van der Waals surface area contributed by atoms with Crippen molar-refractivity contribution in [2.75, 3.05) is 0 Å². The molecular formula is C19H14N4S. The highest BCUT2D eigenvalue weighted by molar-refractivity contribution is 7.13. The average molecular weight is 330 g/mol. The van der Waals surface area contributed by atoms with Gasteiger partial charge >= 0.3 is 0 Å². The van der Waals surface area contributed by atoms with Crippen LogP contribution in [-0.4, -0.2) is 19.7 Å². The molecule has 1 aliphatic rings. The zero-order chi connectivity index (χ0) is 15.9. The van der Waals surface area contributed by atoms with Crippen molar-refractivity contribution in [1.29, 1.82) is 0 Å². The molecule has 0 unspecified atom stereocenters. The number of thiazole rings is 1. The van der Waals surface area contributed by atoms with Gasteiger partial charge in [-0.05, 0) is 37.1 Å². The Morgan fingerprint density at radius 3 is 2.75 bits per heavy atom. The van der Waals surface area contributed by atoms with Crippen molar-refractivity contribution in [3.05, 3.63) is 71.6 Å². The maximum Gasteiger partial charge on any atom is 0.0982 e. The zero-order valence-electron chi connectivity index (χ0n) is 12.9. The number of rotatable bonds is 2. The molecule has 1 aliphatic carbocycles. The molecule has 0 bridgehead atoms. The van der Waals surface area contributed by atoms with Gasteiger partial charge < -0.3 is 0 Å². The van der Waals surface area contributed by atoms with E-state index in [1.807, 2.05) is 36.0 Å². The third-order valence-electron chi connectivity index (χ3n) is 4.39. The monoisotopic (exact) mass is 330 g/mol. The summed E-state index contributed by atoms with van der Waals surface area (Å²) in [4.78, 5) is 10.0. The van der Waals surface area contributed by atoms with Crippen molar-refractivity contribution in [1.82, 2.24) is 19.7 Å². The van der Waals surface area contributed by atoms with Gasteiger partial charge in [-0.15, -0.1) is 11.3 Å². The van der Waals surface area contributed by atoms with Crippen LogP contribution in [0.5, 0.6) is 0 Å². The van der Waals surface area contributed by atoms with E-state index in [1.165, 1.54) is 21.8 Å². The van der Waals surface area contributed by atoms with Gasteiger partial charge in [-0.1, -0.05) is 18.2 Å². The molecular weight excluding hydrogens is 316 g/mol. The molecule has 4 nitrogen and oxygen atoms in total. The summed E-state index contributed by atoms with van der Waals surface area (Å²) in [7, 11) is 0. The molecule has 0 atom stereocenters. The van der Waals surface area contributed by atoms with Crippen LogP contribution in [0.25, 0.3) is 27.5 Å². The minimum atomic E-state index is 0.961. The number of aromatic nitrogens is 4. The number of hydrogen-bond acceptors (Lipinski definition) is 4. The lowest BCUT2D eigenvalue weighted by Gasteiger charge is -2.14. The molecule has 0 saturated carbocycles. The minimum Gasteiger partial charge on any atom is -0.264 e. The maximum absolute atomic E-state index is 4.97. The highest BCUT2D eigenvalue weighted by Gasteiger charge is 2.28. The second kappa shape index (κ2) is 5.39. The first-order valence-electron chi connectivity index (χ1n) is 7.92. The Hall–Kier alpha value is -2.79. The summed E-state index contributed by atoms with van der Waals surface area (Å²) in [5.74, 6) is 0. The molecule has 0 spiro atoms. The first kappa shape index (κ1) is 13.6. The highest BCUT2D eigenvalue weighted by Crippen LogP contribution is 2.41. The standard InChI is InChI=1S/C19H14N4S/c1-2-6-14(7-3-1)23-18-15(8-9-16-19(18)24-12-21-16)17(22-23)13-5-4-10-20-11-13/h1-7,10-12H,8-9H2. The topological polar surface area (TPSA) is 43.6 Å². The van der Waals surface area contributed by atoms with E-state index in [9.17, 15) is 0 Å². The summed E-state index contributed by atoms with van der Waals surface area (Å²) in [5.41, 5.74) is 8.77. The van der Waals surface area contributed by atoms with Gasteiger partial charge in [0, 0.05) is 23.5 Å². The van der Waals surface area contributed by atoms with Crippen LogP contribution in [0.15, 0.2) is 60.4 Å². The molecule has 0 aliphatic heterocycles. The van der Waals surface area contributed by atoms with Gasteiger partial charge in [-0.3, -0.25) is 4.98 Å². The molecule has 0 N–H and O–H groups in total. The number of hydrogen-bond donors (Lipinski definition) is 0. The Labute approximate surface area is 143 Å². The largest absolute Gasteiger partial charge is 0.264 e. The van der Waals surface area contributed by atoms with Gasteiger partial charge in [0.2, 0.25) is 0 Å². The smallest absolute Gasteiger partial charge is 0.0982 e. The Balaban J connectivity index is 1.82. The fourth-order valence-electron chi connectivity index (χ4n) is 3.29. The third kappa shape index (κ3) is 2.02. The zero-order valence-corrected chi connectivity index (χ0v) is 13.7. The van der Waals surface area contributed by atoms with Gasteiger partial charge in [0.1, 0.15) is 0 Å². The van der Waals surface area contributed by atoms with Crippen molar-refractivity contribution < 1.29 is 0 Å². The first-order chi connectivity index (χ1) is 11.9. The summed E-state index contributed by atoms with van der Waals surface area (Å²) >= 11 is 1.70. The van der Waals surface area contributed by atoms with E-state index in [4.69, 9.17) is 5.10 Å². The molecule has 1 aromatic carbocycles. The van der Waals surface area contributed by atoms with Gasteiger partial charge in [0.25, 0.3) is 0 Å². The van der Waals surface area contributed by atoms with E-state index in [-0.39, 0.29) is 0 Å². The van der Waals surface area contributed by atoms with E-state index >= 15 is 0 Å². The number of benzene rings is 1. The van der Waals surface area contributed by atoms with Gasteiger partial charge in [0.05, 0.1) is 33.2 Å². The SMILES string of the molecule is c1ccc(-n2nc(-c3cccnc3)c3c2-c2scnc2CC3)cc1. The quantitative estimate of drug-likeness (QED) is 0.554. The molecule has 0 radical (unpaired) electrons. The van der Waals surface area contributed by atoms with Crippen LogP contribution in [0.4, 0.5) is 0 Å². The predicted octanol–water partition coefficient (Wildman–Crippen LogP) is 4.16. The van der Waals surface area contributed by atoms with Crippen molar-refractivity contribution in [3.63, 3.8) is 0 Å². The fraction of sp³-hybridized carbons (Fsp3) is 0.105. The van der Waals surface area contributed by atoms with Gasteiger partial charge in [-0.25, -0.2) is 9.67 Å². The molecule has 0 fully saturated rings. The third-order valence-corrected chi connectivity index (χ3v) is 5.26. The number of pyridine rings is 1. The van der Waals surface area contributed by atoms with Crippen LogP contribution in [0.3, 0.4) is 0 Å². The van der Waals surface area contributed by atoms with E-state index in [0.29, 0.717) is 0 Å². The van der Waals surface area contributed by atoms with E-state index in [2.05, 4.69) is 32.8 Å². The molecule has 0 amide bonds. The first-order valence-corrected chi connectivity index (χ1v) is 8.80. The molecule has 0 saturated heterocycles. The summed E-state index contributed by atoms with van der Waals surface area (Å²) in [6.45, 7) is 0. The number of aryl methyl sites for hydroxylation is 1. The van der Waals surface area contributed by atoms with Crippen molar-refractivity contribution in [3.8, 4) is 27.5 Å². The van der Waals surface area contributed by atoms with Crippen LogP contribution in [0.2, 0.25) is 0 Å². The summed E-state index contributed by atoms with van der Waals surface area (Å²) in [6.07, 6.45) is 5.62. The lowest BCUT2D eigenvalue weighted by Crippen LogP contribution is -2.05. The lowest BCUT2D eigenvalue weighted by molar-refractivity contribution is 0.872. The van der Waals surface area contributed by atoms with Crippen LogP contribution >= 0.6 is 11.3 Å². The number of para-hydroxylation sites is 1. The average Bonchev–Trinajstić information content (AvgIpc) is 3.27. The van der Waals surface area contributed by atoms with Crippen molar-refractivity contribution in [2.45, 2.75) is 12.8 Å². The summed E-state index contributed by atoms with van der Waals surface area (Å²) in [6, 6.07) is 14.3. The lowest BCUT2D eigenvalue weighted by atomic mass is 9.95. The molecule has 3 aromatic heterocycles. The van der Waals surface area contributed by atoms with Gasteiger partial charge in [0.15, 0.2) is 0 Å². The molecule has 5 heteroatoms. The van der Waals surface area contributed by atoms with E-state index in [0.717, 1.165) is 29.8 Å². The van der Waals surface area contributed by atoms with Crippen LogP contribution in [-0.2, 0) is 12.8 Å². The molecule has 5 rings (SSSR count).